The zero-order chi connectivity index (χ0) is 14.5. The van der Waals surface area contributed by atoms with Gasteiger partial charge in [0.1, 0.15) is 0 Å². The van der Waals surface area contributed by atoms with Crippen LogP contribution in [0.15, 0.2) is 46.9 Å². The Bertz CT molecular complexity index is 586. The van der Waals surface area contributed by atoms with Crippen molar-refractivity contribution in [1.29, 1.82) is 0 Å². The molecule has 1 unspecified atom stereocenters. The molecule has 0 aromatic heterocycles. The van der Waals surface area contributed by atoms with Crippen LogP contribution >= 0.6 is 39.1 Å². The van der Waals surface area contributed by atoms with E-state index in [0.29, 0.717) is 10.0 Å². The normalized spacial score (nSPS) is 12.4. The largest absolute Gasteiger partial charge is 0.310 e. The van der Waals surface area contributed by atoms with E-state index in [1.165, 1.54) is 5.56 Å². The molecule has 0 bridgehead atoms. The van der Waals surface area contributed by atoms with Crippen molar-refractivity contribution in [3.63, 3.8) is 0 Å². The molecule has 0 radical (unpaired) electrons. The van der Waals surface area contributed by atoms with Crippen molar-refractivity contribution in [2.24, 2.45) is 0 Å². The Kier molecular flexibility index (Phi) is 5.91. The van der Waals surface area contributed by atoms with E-state index in [-0.39, 0.29) is 6.04 Å². The van der Waals surface area contributed by atoms with Gasteiger partial charge >= 0.3 is 0 Å². The number of hydrogen-bond donors (Lipinski definition) is 1. The molecule has 0 spiro atoms. The predicted octanol–water partition coefficient (Wildman–Crippen LogP) is 5.65. The molecule has 0 heterocycles. The Morgan fingerprint density at radius 2 is 1.85 bits per heavy atom. The minimum absolute atomic E-state index is 0.216. The predicted molar refractivity (Wildman–Crippen MR) is 90.7 cm³/mol. The van der Waals surface area contributed by atoms with Crippen molar-refractivity contribution in [2.45, 2.75) is 19.4 Å². The smallest absolute Gasteiger partial charge is 0.0595 e. The van der Waals surface area contributed by atoms with E-state index >= 15 is 0 Å². The highest BCUT2D eigenvalue weighted by Gasteiger charge is 2.14. The average molecular weight is 373 g/mol. The van der Waals surface area contributed by atoms with Crippen LogP contribution in [-0.2, 0) is 6.42 Å². The minimum Gasteiger partial charge on any atom is -0.310 e. The van der Waals surface area contributed by atoms with Gasteiger partial charge in [-0.2, -0.15) is 0 Å². The van der Waals surface area contributed by atoms with Gasteiger partial charge in [-0.3, -0.25) is 0 Å². The molecule has 2 rings (SSSR count). The first-order valence-corrected chi connectivity index (χ1v) is 8.08. The second-order valence-electron chi connectivity index (χ2n) is 4.58. The highest BCUT2D eigenvalue weighted by Crippen LogP contribution is 2.28. The molecule has 0 fully saturated rings. The summed E-state index contributed by atoms with van der Waals surface area (Å²) in [6.07, 6.45) is 0.896. The third kappa shape index (κ3) is 3.98. The summed E-state index contributed by atoms with van der Waals surface area (Å²) >= 11 is 15.7. The monoisotopic (exact) mass is 371 g/mol. The molecule has 1 atom stereocenters. The summed E-state index contributed by atoms with van der Waals surface area (Å²) in [5.41, 5.74) is 2.42. The van der Waals surface area contributed by atoms with Crippen LogP contribution in [-0.4, -0.2) is 6.54 Å². The van der Waals surface area contributed by atoms with E-state index < -0.39 is 0 Å². The molecule has 1 nitrogen and oxygen atoms in total. The topological polar surface area (TPSA) is 12.0 Å². The van der Waals surface area contributed by atoms with Gasteiger partial charge in [-0.25, -0.2) is 0 Å². The fraction of sp³-hybridized carbons (Fsp3) is 0.250. The van der Waals surface area contributed by atoms with Crippen LogP contribution in [0.5, 0.6) is 0 Å². The molecule has 20 heavy (non-hydrogen) atoms. The summed E-state index contributed by atoms with van der Waals surface area (Å²) in [7, 11) is 0. The first-order chi connectivity index (χ1) is 9.61. The minimum atomic E-state index is 0.216. The van der Waals surface area contributed by atoms with Crippen molar-refractivity contribution >= 4 is 39.1 Å². The Balaban J connectivity index is 2.27. The highest BCUT2D eigenvalue weighted by molar-refractivity contribution is 9.10. The molecule has 1 N–H and O–H groups in total. The second kappa shape index (κ2) is 7.46. The lowest BCUT2D eigenvalue weighted by atomic mass is 9.99. The first kappa shape index (κ1) is 15.8. The van der Waals surface area contributed by atoms with Gasteiger partial charge in [0.15, 0.2) is 0 Å². The third-order valence-corrected chi connectivity index (χ3v) is 4.69. The lowest BCUT2D eigenvalue weighted by Crippen LogP contribution is -2.23. The van der Waals surface area contributed by atoms with Gasteiger partial charge in [-0.15, -0.1) is 0 Å². The molecular weight excluding hydrogens is 357 g/mol. The summed E-state index contributed by atoms with van der Waals surface area (Å²) in [4.78, 5) is 0. The summed E-state index contributed by atoms with van der Waals surface area (Å²) in [5.74, 6) is 0. The average Bonchev–Trinajstić information content (AvgIpc) is 2.44. The number of rotatable bonds is 5. The highest BCUT2D eigenvalue weighted by atomic mass is 79.9. The van der Waals surface area contributed by atoms with Gasteiger partial charge in [0.2, 0.25) is 0 Å². The molecule has 4 heteroatoms. The van der Waals surface area contributed by atoms with E-state index in [0.717, 1.165) is 23.0 Å². The zero-order valence-electron chi connectivity index (χ0n) is 11.2. The van der Waals surface area contributed by atoms with E-state index in [2.05, 4.69) is 46.4 Å². The molecule has 0 saturated carbocycles. The number of nitrogens with one attached hydrogen (secondary N) is 1. The maximum absolute atomic E-state index is 6.12. The Labute approximate surface area is 138 Å². The van der Waals surface area contributed by atoms with Crippen molar-refractivity contribution in [1.82, 2.24) is 5.32 Å². The van der Waals surface area contributed by atoms with Gasteiger partial charge < -0.3 is 5.32 Å². The molecule has 106 valence electrons. The number of hydrogen-bond acceptors (Lipinski definition) is 1. The molecular formula is C16H16BrCl2N. The van der Waals surface area contributed by atoms with Crippen LogP contribution in [0.4, 0.5) is 0 Å². The summed E-state index contributed by atoms with van der Waals surface area (Å²) in [6, 6.07) is 14.3. The van der Waals surface area contributed by atoms with Crippen LogP contribution in [0, 0.1) is 0 Å². The van der Waals surface area contributed by atoms with E-state index in [1.54, 1.807) is 0 Å². The van der Waals surface area contributed by atoms with Gasteiger partial charge in [-0.1, -0.05) is 70.3 Å². The Hall–Kier alpha value is -0.540. The summed E-state index contributed by atoms with van der Waals surface area (Å²) in [5, 5.41) is 4.68. The fourth-order valence-corrected chi connectivity index (χ4v) is 2.92. The molecule has 0 saturated heterocycles. The lowest BCUT2D eigenvalue weighted by molar-refractivity contribution is 0.549. The number of likely N-dealkylation sites (N-methyl/N-ethyl adjacent to an activating group) is 1. The van der Waals surface area contributed by atoms with Crippen LogP contribution < -0.4 is 5.32 Å². The maximum atomic E-state index is 6.12. The van der Waals surface area contributed by atoms with Crippen molar-refractivity contribution in [3.05, 3.63) is 68.1 Å². The molecule has 0 aliphatic heterocycles. The number of halogens is 3. The van der Waals surface area contributed by atoms with E-state index in [4.69, 9.17) is 23.2 Å². The van der Waals surface area contributed by atoms with E-state index in [9.17, 15) is 0 Å². The zero-order valence-corrected chi connectivity index (χ0v) is 14.3. The second-order valence-corrected chi connectivity index (χ2v) is 6.25. The van der Waals surface area contributed by atoms with Crippen LogP contribution in [0.3, 0.4) is 0 Å². The summed E-state index contributed by atoms with van der Waals surface area (Å²) in [6.45, 7) is 3.00. The molecule has 2 aromatic carbocycles. The van der Waals surface area contributed by atoms with Crippen LogP contribution in [0.1, 0.15) is 24.1 Å². The molecule has 0 aliphatic rings. The van der Waals surface area contributed by atoms with Gasteiger partial charge in [-0.05, 0) is 42.3 Å². The third-order valence-electron chi connectivity index (χ3n) is 3.18. The van der Waals surface area contributed by atoms with Crippen molar-refractivity contribution < 1.29 is 0 Å². The van der Waals surface area contributed by atoms with Crippen molar-refractivity contribution in [3.8, 4) is 0 Å². The Morgan fingerprint density at radius 1 is 1.10 bits per heavy atom. The SMILES string of the molecule is CCNC(Cc1ccccc1Br)c1ccc(Cl)c(Cl)c1. The van der Waals surface area contributed by atoms with Crippen molar-refractivity contribution in [2.75, 3.05) is 6.54 Å². The maximum Gasteiger partial charge on any atom is 0.0595 e. The molecule has 0 aliphatic carbocycles. The lowest BCUT2D eigenvalue weighted by Gasteiger charge is -2.19. The standard InChI is InChI=1S/C16H16BrCl2N/c1-2-20-16(10-11-5-3-4-6-13(11)17)12-7-8-14(18)15(19)9-12/h3-9,16,20H,2,10H2,1H3. The van der Waals surface area contributed by atoms with Gasteiger partial charge in [0.05, 0.1) is 10.0 Å². The number of benzene rings is 2. The van der Waals surface area contributed by atoms with Crippen LogP contribution in [0.25, 0.3) is 0 Å². The molecule has 2 aromatic rings. The quantitative estimate of drug-likeness (QED) is 0.714. The first-order valence-electron chi connectivity index (χ1n) is 6.53. The van der Waals surface area contributed by atoms with Crippen LogP contribution in [0.2, 0.25) is 10.0 Å². The Morgan fingerprint density at radius 3 is 2.50 bits per heavy atom. The molecule has 0 amide bonds. The summed E-state index contributed by atoms with van der Waals surface area (Å²) < 4.78 is 1.13. The van der Waals surface area contributed by atoms with Gasteiger partial charge in [0.25, 0.3) is 0 Å². The van der Waals surface area contributed by atoms with E-state index in [1.807, 2.05) is 24.3 Å². The van der Waals surface area contributed by atoms with Gasteiger partial charge in [0, 0.05) is 10.5 Å². The fourth-order valence-electron chi connectivity index (χ4n) is 2.17.